The Morgan fingerprint density at radius 3 is 2.69 bits per heavy atom. The molecule has 0 spiro atoms. The number of thiophene rings is 1. The Labute approximate surface area is 163 Å². The van der Waals surface area contributed by atoms with Crippen molar-refractivity contribution >= 4 is 46.1 Å². The van der Waals surface area contributed by atoms with Gasteiger partial charge in [-0.25, -0.2) is 0 Å². The molecule has 5 nitrogen and oxygen atoms in total. The topological polar surface area (TPSA) is 54.7 Å². The number of benzene rings is 1. The Bertz CT molecular complexity index is 976. The van der Waals surface area contributed by atoms with Crippen LogP contribution in [0.4, 0.5) is 0 Å². The summed E-state index contributed by atoms with van der Waals surface area (Å²) in [6.07, 6.45) is 1.86. The number of thiazole rings is 1. The third-order valence-corrected chi connectivity index (χ3v) is 5.65. The number of aromatic nitrogens is 1. The Balaban J connectivity index is 1.72. The average molecular weight is 406 g/mol. The van der Waals surface area contributed by atoms with Gasteiger partial charge in [0, 0.05) is 23.6 Å². The molecule has 8 heteroatoms. The van der Waals surface area contributed by atoms with Gasteiger partial charge in [0.15, 0.2) is 4.80 Å². The van der Waals surface area contributed by atoms with Crippen LogP contribution in [0.15, 0.2) is 58.3 Å². The fraction of sp³-hybridized carbons (Fsp3) is 0.167. The van der Waals surface area contributed by atoms with Crippen LogP contribution in [0.25, 0.3) is 0 Å². The molecule has 1 aromatic carbocycles. The minimum atomic E-state index is -0.368. The van der Waals surface area contributed by atoms with E-state index in [1.54, 1.807) is 19.2 Å². The van der Waals surface area contributed by atoms with E-state index < -0.39 is 0 Å². The van der Waals surface area contributed by atoms with Crippen molar-refractivity contribution in [3.63, 3.8) is 0 Å². The quantitative estimate of drug-likeness (QED) is 0.652. The highest BCUT2D eigenvalue weighted by molar-refractivity contribution is 7.12. The largest absolute Gasteiger partial charge is 0.332 e. The molecule has 3 aromatic rings. The summed E-state index contributed by atoms with van der Waals surface area (Å²) in [7, 11) is 1.60. The van der Waals surface area contributed by atoms with E-state index in [-0.39, 0.29) is 18.4 Å². The SMILES string of the molecule is CN(CC(=O)N=c1sccn1Cc1ccccc1Cl)C(=O)c1cccs1. The van der Waals surface area contributed by atoms with Gasteiger partial charge >= 0.3 is 0 Å². The number of hydrogen-bond acceptors (Lipinski definition) is 4. The van der Waals surface area contributed by atoms with Crippen LogP contribution in [0, 0.1) is 0 Å². The van der Waals surface area contributed by atoms with E-state index in [1.807, 2.05) is 45.8 Å². The van der Waals surface area contributed by atoms with Crippen LogP contribution >= 0.6 is 34.3 Å². The highest BCUT2D eigenvalue weighted by Crippen LogP contribution is 2.15. The van der Waals surface area contributed by atoms with Gasteiger partial charge in [-0.1, -0.05) is 35.9 Å². The maximum Gasteiger partial charge on any atom is 0.267 e. The van der Waals surface area contributed by atoms with E-state index in [4.69, 9.17) is 11.6 Å². The molecule has 0 bridgehead atoms. The highest BCUT2D eigenvalue weighted by atomic mass is 35.5. The van der Waals surface area contributed by atoms with Crippen LogP contribution in [0.2, 0.25) is 5.02 Å². The molecule has 0 atom stereocenters. The number of hydrogen-bond donors (Lipinski definition) is 0. The van der Waals surface area contributed by atoms with Gasteiger partial charge in [-0.2, -0.15) is 4.99 Å². The van der Waals surface area contributed by atoms with Gasteiger partial charge in [0.05, 0.1) is 11.4 Å². The summed E-state index contributed by atoms with van der Waals surface area (Å²) >= 11 is 8.92. The molecule has 2 heterocycles. The zero-order valence-electron chi connectivity index (χ0n) is 14.0. The predicted octanol–water partition coefficient (Wildman–Crippen LogP) is 3.51. The molecule has 2 aromatic heterocycles. The minimum absolute atomic E-state index is 0.0687. The summed E-state index contributed by atoms with van der Waals surface area (Å²) < 4.78 is 1.87. The first kappa shape index (κ1) is 18.6. The molecule has 0 saturated heterocycles. The van der Waals surface area contributed by atoms with Gasteiger partial charge < -0.3 is 9.47 Å². The zero-order valence-corrected chi connectivity index (χ0v) is 16.4. The number of carbonyl (C=O) groups excluding carboxylic acids is 2. The number of nitrogens with zero attached hydrogens (tertiary/aromatic N) is 3. The molecule has 0 aliphatic rings. The standard InChI is InChI=1S/C18H16ClN3O2S2/c1-21(17(24)15-7-4-9-25-15)12-16(23)20-18-22(8-10-26-18)11-13-5-2-3-6-14(13)19/h2-10H,11-12H2,1H3. The predicted molar refractivity (Wildman–Crippen MR) is 105 cm³/mol. The second-order valence-electron chi connectivity index (χ2n) is 5.55. The van der Waals surface area contributed by atoms with Crippen LogP contribution in [-0.2, 0) is 11.3 Å². The first-order chi connectivity index (χ1) is 12.5. The number of halogens is 1. The smallest absolute Gasteiger partial charge is 0.267 e. The molecule has 0 radical (unpaired) electrons. The minimum Gasteiger partial charge on any atom is -0.332 e. The average Bonchev–Trinajstić information content (AvgIpc) is 3.28. The molecular weight excluding hydrogens is 390 g/mol. The molecule has 0 saturated carbocycles. The Morgan fingerprint density at radius 2 is 1.96 bits per heavy atom. The van der Waals surface area contributed by atoms with Crippen molar-refractivity contribution in [2.24, 2.45) is 4.99 Å². The van der Waals surface area contributed by atoms with Crippen LogP contribution < -0.4 is 4.80 Å². The van der Waals surface area contributed by atoms with Gasteiger partial charge in [-0.05, 0) is 23.1 Å². The molecule has 0 aliphatic heterocycles. The molecule has 3 rings (SSSR count). The molecule has 0 N–H and O–H groups in total. The zero-order chi connectivity index (χ0) is 18.5. The molecule has 26 heavy (non-hydrogen) atoms. The van der Waals surface area contributed by atoms with Gasteiger partial charge in [0.25, 0.3) is 11.8 Å². The van der Waals surface area contributed by atoms with Crippen LogP contribution in [0.3, 0.4) is 0 Å². The lowest BCUT2D eigenvalue weighted by atomic mass is 10.2. The molecule has 2 amide bonds. The van der Waals surface area contributed by atoms with Crippen molar-refractivity contribution in [2.45, 2.75) is 6.54 Å². The van der Waals surface area contributed by atoms with E-state index >= 15 is 0 Å². The van der Waals surface area contributed by atoms with Crippen molar-refractivity contribution in [1.82, 2.24) is 9.47 Å². The van der Waals surface area contributed by atoms with Gasteiger partial charge in [0.2, 0.25) is 0 Å². The fourth-order valence-electron chi connectivity index (χ4n) is 2.32. The van der Waals surface area contributed by atoms with E-state index in [2.05, 4.69) is 4.99 Å². The van der Waals surface area contributed by atoms with Crippen molar-refractivity contribution in [2.75, 3.05) is 13.6 Å². The molecule has 134 valence electrons. The lowest BCUT2D eigenvalue weighted by Crippen LogP contribution is -2.32. The monoisotopic (exact) mass is 405 g/mol. The summed E-state index contributed by atoms with van der Waals surface area (Å²) in [6, 6.07) is 11.1. The fourth-order valence-corrected chi connectivity index (χ4v) is 3.98. The number of likely N-dealkylation sites (N-methyl/N-ethyl adjacent to an activating group) is 1. The summed E-state index contributed by atoms with van der Waals surface area (Å²) in [4.78, 5) is 31.2. The maximum absolute atomic E-state index is 12.3. The number of amides is 2. The van der Waals surface area contributed by atoms with Gasteiger partial charge in [-0.3, -0.25) is 9.59 Å². The van der Waals surface area contributed by atoms with Gasteiger partial charge in [0.1, 0.15) is 6.54 Å². The lowest BCUT2D eigenvalue weighted by Gasteiger charge is -2.13. The number of rotatable bonds is 5. The van der Waals surface area contributed by atoms with Crippen molar-refractivity contribution in [1.29, 1.82) is 0 Å². The van der Waals surface area contributed by atoms with E-state index in [9.17, 15) is 9.59 Å². The van der Waals surface area contributed by atoms with Crippen molar-refractivity contribution in [3.8, 4) is 0 Å². The number of carbonyl (C=O) groups is 2. The normalized spacial score (nSPS) is 11.5. The Hall–Kier alpha value is -2.22. The summed E-state index contributed by atoms with van der Waals surface area (Å²) in [5.41, 5.74) is 0.950. The third-order valence-electron chi connectivity index (χ3n) is 3.63. The molecule has 0 unspecified atom stereocenters. The third kappa shape index (κ3) is 4.49. The van der Waals surface area contributed by atoms with Crippen LogP contribution in [0.5, 0.6) is 0 Å². The van der Waals surface area contributed by atoms with E-state index in [0.29, 0.717) is 21.2 Å². The first-order valence-corrected chi connectivity index (χ1v) is 9.92. The Morgan fingerprint density at radius 1 is 1.15 bits per heavy atom. The van der Waals surface area contributed by atoms with Gasteiger partial charge in [-0.15, -0.1) is 22.7 Å². The van der Waals surface area contributed by atoms with E-state index in [0.717, 1.165) is 5.56 Å². The molecular formula is C18H16ClN3O2S2. The molecule has 0 aliphatic carbocycles. The summed E-state index contributed by atoms with van der Waals surface area (Å²) in [5, 5.41) is 4.37. The second kappa shape index (κ2) is 8.44. The second-order valence-corrected chi connectivity index (χ2v) is 7.78. The maximum atomic E-state index is 12.3. The van der Waals surface area contributed by atoms with E-state index in [1.165, 1.54) is 27.6 Å². The highest BCUT2D eigenvalue weighted by Gasteiger charge is 2.15. The lowest BCUT2D eigenvalue weighted by molar-refractivity contribution is -0.118. The van der Waals surface area contributed by atoms with Crippen LogP contribution in [-0.4, -0.2) is 34.9 Å². The molecule has 0 fully saturated rings. The van der Waals surface area contributed by atoms with Crippen LogP contribution in [0.1, 0.15) is 15.2 Å². The van der Waals surface area contributed by atoms with Crippen molar-refractivity contribution in [3.05, 3.63) is 73.6 Å². The summed E-state index contributed by atoms with van der Waals surface area (Å²) in [5.74, 6) is -0.550. The van der Waals surface area contributed by atoms with Crippen molar-refractivity contribution < 1.29 is 9.59 Å². The first-order valence-electron chi connectivity index (χ1n) is 7.78. The summed E-state index contributed by atoms with van der Waals surface area (Å²) in [6.45, 7) is 0.458. The Kier molecular flexibility index (Phi) is 6.03.